The third kappa shape index (κ3) is 5.59. The molecule has 0 unspecified atom stereocenters. The largest absolute Gasteiger partial charge is 0.507 e. The second kappa shape index (κ2) is 9.89. The van der Waals surface area contributed by atoms with Gasteiger partial charge in [0.25, 0.3) is 5.91 Å². The second-order valence-electron chi connectivity index (χ2n) is 6.83. The van der Waals surface area contributed by atoms with E-state index in [0.29, 0.717) is 0 Å². The first-order chi connectivity index (χ1) is 14.8. The zero-order chi connectivity index (χ0) is 22.5. The van der Waals surface area contributed by atoms with Crippen molar-refractivity contribution in [2.75, 3.05) is 11.9 Å². The molecule has 1 saturated carbocycles. The number of halogens is 2. The molecule has 0 heterocycles. The summed E-state index contributed by atoms with van der Waals surface area (Å²) >= 11 is 12.5. The van der Waals surface area contributed by atoms with Gasteiger partial charge in [-0.2, -0.15) is 0 Å². The average Bonchev–Trinajstić information content (AvgIpc) is 2.68. The van der Waals surface area contributed by atoms with Crippen LogP contribution >= 0.6 is 23.2 Å². The SMILES string of the molecule is CCOC(=O)C(=O)Nc1cc(Cl)c(Oc2ccc(O)c(C(=O)NC3CCC3)c2)c(Cl)c1. The van der Waals surface area contributed by atoms with Gasteiger partial charge in [-0.1, -0.05) is 23.2 Å². The van der Waals surface area contributed by atoms with Crippen molar-refractivity contribution in [2.45, 2.75) is 32.2 Å². The van der Waals surface area contributed by atoms with Crippen molar-refractivity contribution in [1.29, 1.82) is 0 Å². The summed E-state index contributed by atoms with van der Waals surface area (Å²) in [5.74, 6) is -2.28. The van der Waals surface area contributed by atoms with Crippen LogP contribution in [0.5, 0.6) is 17.2 Å². The predicted octanol–water partition coefficient (Wildman–Crippen LogP) is 4.28. The normalized spacial score (nSPS) is 13.1. The molecule has 8 nitrogen and oxygen atoms in total. The van der Waals surface area contributed by atoms with E-state index in [1.165, 1.54) is 30.3 Å². The first-order valence-corrected chi connectivity index (χ1v) is 10.3. The molecular weight excluding hydrogens is 447 g/mol. The van der Waals surface area contributed by atoms with Crippen LogP contribution in [0.25, 0.3) is 0 Å². The number of benzene rings is 2. The van der Waals surface area contributed by atoms with Gasteiger partial charge in [-0.25, -0.2) is 4.79 Å². The fraction of sp³-hybridized carbons (Fsp3) is 0.286. The average molecular weight is 467 g/mol. The van der Waals surface area contributed by atoms with Gasteiger partial charge in [-0.3, -0.25) is 9.59 Å². The first-order valence-electron chi connectivity index (χ1n) is 9.57. The highest BCUT2D eigenvalue weighted by molar-refractivity contribution is 6.39. The summed E-state index contributed by atoms with van der Waals surface area (Å²) in [4.78, 5) is 35.6. The van der Waals surface area contributed by atoms with E-state index >= 15 is 0 Å². The molecule has 0 bridgehead atoms. The molecule has 164 valence electrons. The third-order valence-electron chi connectivity index (χ3n) is 4.59. The van der Waals surface area contributed by atoms with Crippen molar-refractivity contribution in [1.82, 2.24) is 5.32 Å². The van der Waals surface area contributed by atoms with Gasteiger partial charge in [-0.05, 0) is 56.5 Å². The van der Waals surface area contributed by atoms with E-state index in [1.807, 2.05) is 0 Å². The molecular formula is C21H20Cl2N2O6. The number of rotatable bonds is 6. The molecule has 10 heteroatoms. The fourth-order valence-corrected chi connectivity index (χ4v) is 3.37. The molecule has 2 amide bonds. The van der Waals surface area contributed by atoms with Crippen LogP contribution in [0.3, 0.4) is 0 Å². The van der Waals surface area contributed by atoms with Gasteiger partial charge in [0.1, 0.15) is 11.5 Å². The highest BCUT2D eigenvalue weighted by atomic mass is 35.5. The number of esters is 1. The second-order valence-corrected chi connectivity index (χ2v) is 7.64. The van der Waals surface area contributed by atoms with Gasteiger partial charge < -0.3 is 25.2 Å². The summed E-state index contributed by atoms with van der Waals surface area (Å²) in [7, 11) is 0. The highest BCUT2D eigenvalue weighted by Gasteiger charge is 2.22. The number of carbonyl (C=O) groups excluding carboxylic acids is 3. The van der Waals surface area contributed by atoms with Crippen LogP contribution in [-0.4, -0.2) is 35.5 Å². The van der Waals surface area contributed by atoms with E-state index in [9.17, 15) is 19.5 Å². The molecule has 0 aliphatic heterocycles. The Kier molecular flexibility index (Phi) is 7.25. The molecule has 31 heavy (non-hydrogen) atoms. The van der Waals surface area contributed by atoms with Crippen LogP contribution in [0.1, 0.15) is 36.5 Å². The first kappa shape index (κ1) is 22.7. The Hall–Kier alpha value is -2.97. The van der Waals surface area contributed by atoms with Crippen LogP contribution in [0.4, 0.5) is 5.69 Å². The lowest BCUT2D eigenvalue weighted by Crippen LogP contribution is -2.39. The molecule has 3 N–H and O–H groups in total. The zero-order valence-corrected chi connectivity index (χ0v) is 18.0. The van der Waals surface area contributed by atoms with Crippen molar-refractivity contribution in [3.05, 3.63) is 45.9 Å². The number of anilines is 1. The topological polar surface area (TPSA) is 114 Å². The number of aromatic hydroxyl groups is 1. The number of carbonyl (C=O) groups is 3. The number of hydrogen-bond donors (Lipinski definition) is 3. The summed E-state index contributed by atoms with van der Waals surface area (Å²) in [6.07, 6.45) is 2.88. The Balaban J connectivity index is 1.76. The molecule has 0 aromatic heterocycles. The van der Waals surface area contributed by atoms with Gasteiger partial charge in [0.2, 0.25) is 0 Å². The van der Waals surface area contributed by atoms with Crippen LogP contribution in [0.2, 0.25) is 10.0 Å². The van der Waals surface area contributed by atoms with E-state index in [0.717, 1.165) is 19.3 Å². The Morgan fingerprint density at radius 3 is 2.39 bits per heavy atom. The van der Waals surface area contributed by atoms with E-state index in [2.05, 4.69) is 15.4 Å². The van der Waals surface area contributed by atoms with Crippen molar-refractivity contribution in [2.24, 2.45) is 0 Å². The minimum absolute atomic E-state index is 0.0557. The molecule has 2 aromatic carbocycles. The van der Waals surface area contributed by atoms with E-state index in [-0.39, 0.29) is 51.2 Å². The standard InChI is InChI=1S/C21H20Cl2N2O6/c1-2-30-21(29)20(28)25-12-8-15(22)18(16(23)9-12)31-13-6-7-17(26)14(10-13)19(27)24-11-4-3-5-11/h6-11,26H,2-5H2,1H3,(H,24,27)(H,25,28). The maximum Gasteiger partial charge on any atom is 0.397 e. The Morgan fingerprint density at radius 2 is 1.81 bits per heavy atom. The minimum Gasteiger partial charge on any atom is -0.507 e. The van der Waals surface area contributed by atoms with Gasteiger partial charge in [0.05, 0.1) is 22.2 Å². The summed E-state index contributed by atoms with van der Waals surface area (Å²) < 4.78 is 10.3. The predicted molar refractivity (Wildman–Crippen MR) is 115 cm³/mol. The Morgan fingerprint density at radius 1 is 1.13 bits per heavy atom. The number of hydrogen-bond acceptors (Lipinski definition) is 6. The van der Waals surface area contributed by atoms with Crippen molar-refractivity contribution in [3.63, 3.8) is 0 Å². The van der Waals surface area contributed by atoms with Gasteiger partial charge in [-0.15, -0.1) is 0 Å². The lowest BCUT2D eigenvalue weighted by atomic mass is 9.93. The van der Waals surface area contributed by atoms with Crippen LogP contribution in [0.15, 0.2) is 30.3 Å². The monoisotopic (exact) mass is 466 g/mol. The molecule has 1 aliphatic carbocycles. The molecule has 0 saturated heterocycles. The quantitative estimate of drug-likeness (QED) is 0.432. The summed E-state index contributed by atoms with van der Waals surface area (Å²) in [6, 6.07) is 6.98. The smallest absolute Gasteiger partial charge is 0.397 e. The summed E-state index contributed by atoms with van der Waals surface area (Å²) in [5.41, 5.74) is 0.238. The van der Waals surface area contributed by atoms with Crippen molar-refractivity contribution in [3.8, 4) is 17.2 Å². The number of nitrogens with one attached hydrogen (secondary N) is 2. The van der Waals surface area contributed by atoms with Crippen LogP contribution in [0, 0.1) is 0 Å². The van der Waals surface area contributed by atoms with Crippen molar-refractivity contribution < 1.29 is 29.0 Å². The molecule has 1 fully saturated rings. The molecule has 2 aromatic rings. The third-order valence-corrected chi connectivity index (χ3v) is 5.15. The van der Waals surface area contributed by atoms with E-state index < -0.39 is 17.8 Å². The molecule has 1 aliphatic rings. The van der Waals surface area contributed by atoms with E-state index in [1.54, 1.807) is 6.92 Å². The minimum atomic E-state index is -1.04. The summed E-state index contributed by atoms with van der Waals surface area (Å²) in [5, 5.41) is 15.3. The maximum atomic E-state index is 12.4. The summed E-state index contributed by atoms with van der Waals surface area (Å²) in [6.45, 7) is 1.64. The van der Waals surface area contributed by atoms with Crippen molar-refractivity contribution >= 4 is 46.7 Å². The van der Waals surface area contributed by atoms with Crippen LogP contribution < -0.4 is 15.4 Å². The molecule has 0 spiro atoms. The van der Waals surface area contributed by atoms with Crippen LogP contribution in [-0.2, 0) is 14.3 Å². The highest BCUT2D eigenvalue weighted by Crippen LogP contribution is 2.39. The Labute approximate surface area is 188 Å². The van der Waals surface area contributed by atoms with E-state index in [4.69, 9.17) is 27.9 Å². The molecule has 0 radical (unpaired) electrons. The number of ether oxygens (including phenoxy) is 2. The molecule has 0 atom stereocenters. The zero-order valence-electron chi connectivity index (χ0n) is 16.5. The van der Waals surface area contributed by atoms with Gasteiger partial charge >= 0.3 is 11.9 Å². The Bertz CT molecular complexity index is 1000. The number of phenolic OH excluding ortho intramolecular Hbond substituents is 1. The maximum absolute atomic E-state index is 12.4. The number of amides is 2. The fourth-order valence-electron chi connectivity index (χ4n) is 2.80. The lowest BCUT2D eigenvalue weighted by Gasteiger charge is -2.26. The number of phenols is 1. The van der Waals surface area contributed by atoms with Gasteiger partial charge in [0, 0.05) is 11.7 Å². The lowest BCUT2D eigenvalue weighted by molar-refractivity contribution is -0.152. The molecule has 3 rings (SSSR count). The van der Waals surface area contributed by atoms with Gasteiger partial charge in [0.15, 0.2) is 5.75 Å².